The Morgan fingerprint density at radius 3 is 2.43 bits per heavy atom. The van der Waals surface area contributed by atoms with E-state index >= 15 is 0 Å². The van der Waals surface area contributed by atoms with Crippen LogP contribution in [0.5, 0.6) is 0 Å². The number of rotatable bonds is 2. The number of halogens is 1. The van der Waals surface area contributed by atoms with Crippen molar-refractivity contribution in [1.29, 1.82) is 0 Å². The molecule has 0 bridgehead atoms. The van der Waals surface area contributed by atoms with E-state index in [9.17, 15) is 4.39 Å². The van der Waals surface area contributed by atoms with Crippen LogP contribution in [0.15, 0.2) is 0 Å². The van der Waals surface area contributed by atoms with Crippen LogP contribution in [-0.4, -0.2) is 10.2 Å². The van der Waals surface area contributed by atoms with Crippen LogP contribution >= 0.6 is 0 Å². The van der Waals surface area contributed by atoms with Gasteiger partial charge in [0.05, 0.1) is 5.69 Å². The SMILES string of the molecule is CC(Cc1[nH]nc(N)c1F)C(C)(C)C. The number of anilines is 1. The highest BCUT2D eigenvalue weighted by atomic mass is 19.1. The first-order valence-electron chi connectivity index (χ1n) is 4.80. The molecule has 3 N–H and O–H groups in total. The van der Waals surface area contributed by atoms with Crippen LogP contribution in [0.3, 0.4) is 0 Å². The normalized spacial score (nSPS) is 14.4. The number of hydrogen-bond acceptors (Lipinski definition) is 2. The van der Waals surface area contributed by atoms with Crippen molar-refractivity contribution in [2.75, 3.05) is 5.73 Å². The van der Waals surface area contributed by atoms with Crippen LogP contribution < -0.4 is 5.73 Å². The third-order valence-electron chi connectivity index (χ3n) is 2.79. The molecule has 0 amide bonds. The van der Waals surface area contributed by atoms with Gasteiger partial charge in [-0.2, -0.15) is 5.10 Å². The topological polar surface area (TPSA) is 54.7 Å². The summed E-state index contributed by atoms with van der Waals surface area (Å²) in [5, 5.41) is 6.26. The van der Waals surface area contributed by atoms with E-state index < -0.39 is 5.82 Å². The molecule has 0 aliphatic carbocycles. The summed E-state index contributed by atoms with van der Waals surface area (Å²) in [6, 6.07) is 0. The van der Waals surface area contributed by atoms with Gasteiger partial charge in [0.2, 0.25) is 0 Å². The number of nitrogen functional groups attached to an aromatic ring is 1. The first-order chi connectivity index (χ1) is 6.32. The fourth-order valence-electron chi connectivity index (χ4n) is 1.13. The maximum Gasteiger partial charge on any atom is 0.187 e. The highest BCUT2D eigenvalue weighted by Crippen LogP contribution is 2.29. The van der Waals surface area contributed by atoms with Crippen LogP contribution in [0.4, 0.5) is 10.2 Å². The Kier molecular flexibility index (Phi) is 2.83. The lowest BCUT2D eigenvalue weighted by atomic mass is 9.79. The molecule has 4 heteroatoms. The summed E-state index contributed by atoms with van der Waals surface area (Å²) >= 11 is 0. The predicted molar refractivity (Wildman–Crippen MR) is 55.3 cm³/mol. The van der Waals surface area contributed by atoms with Crippen molar-refractivity contribution >= 4 is 5.82 Å². The van der Waals surface area contributed by atoms with Gasteiger partial charge in [0.25, 0.3) is 0 Å². The second-order valence-electron chi connectivity index (χ2n) is 4.87. The summed E-state index contributed by atoms with van der Waals surface area (Å²) in [7, 11) is 0. The molecule has 0 aliphatic heterocycles. The maximum atomic E-state index is 13.3. The molecule has 1 aromatic heterocycles. The lowest BCUT2D eigenvalue weighted by Crippen LogP contribution is -2.20. The minimum absolute atomic E-state index is 0.0406. The smallest absolute Gasteiger partial charge is 0.187 e. The molecule has 0 radical (unpaired) electrons. The molecule has 14 heavy (non-hydrogen) atoms. The Hall–Kier alpha value is -1.06. The summed E-state index contributed by atoms with van der Waals surface area (Å²) < 4.78 is 13.3. The zero-order chi connectivity index (χ0) is 10.9. The molecule has 0 fully saturated rings. The van der Waals surface area contributed by atoms with E-state index in [2.05, 4.69) is 37.9 Å². The molecular weight excluding hydrogens is 181 g/mol. The van der Waals surface area contributed by atoms with Gasteiger partial charge in [-0.15, -0.1) is 0 Å². The average Bonchev–Trinajstić information content (AvgIpc) is 2.34. The zero-order valence-corrected chi connectivity index (χ0v) is 9.19. The van der Waals surface area contributed by atoms with Crippen LogP contribution in [-0.2, 0) is 6.42 Å². The van der Waals surface area contributed by atoms with Gasteiger partial charge < -0.3 is 5.73 Å². The van der Waals surface area contributed by atoms with Gasteiger partial charge in [0, 0.05) is 0 Å². The first-order valence-corrected chi connectivity index (χ1v) is 4.80. The van der Waals surface area contributed by atoms with Gasteiger partial charge in [-0.05, 0) is 17.8 Å². The van der Waals surface area contributed by atoms with E-state index in [0.29, 0.717) is 18.0 Å². The Morgan fingerprint density at radius 1 is 1.50 bits per heavy atom. The molecule has 1 unspecified atom stereocenters. The van der Waals surface area contributed by atoms with E-state index in [1.165, 1.54) is 0 Å². The Bertz CT molecular complexity index is 312. The largest absolute Gasteiger partial charge is 0.380 e. The Labute approximate surface area is 83.9 Å². The van der Waals surface area contributed by atoms with Crippen LogP contribution in [0, 0.1) is 17.2 Å². The molecule has 0 saturated carbocycles. The maximum absolute atomic E-state index is 13.3. The molecule has 0 spiro atoms. The van der Waals surface area contributed by atoms with Crippen molar-refractivity contribution in [2.45, 2.75) is 34.1 Å². The standard InChI is InChI=1S/C10H18FN3/c1-6(10(2,3)4)5-7-8(11)9(12)14-13-7/h6H,5H2,1-4H3,(H3,12,13,14). The van der Waals surface area contributed by atoms with Gasteiger partial charge in [0.1, 0.15) is 0 Å². The predicted octanol–water partition coefficient (Wildman–Crippen LogP) is 2.36. The van der Waals surface area contributed by atoms with Crippen molar-refractivity contribution in [3.05, 3.63) is 11.5 Å². The minimum atomic E-state index is -0.402. The quantitative estimate of drug-likeness (QED) is 0.768. The average molecular weight is 199 g/mol. The van der Waals surface area contributed by atoms with Gasteiger partial charge in [-0.1, -0.05) is 27.7 Å². The van der Waals surface area contributed by atoms with Gasteiger partial charge >= 0.3 is 0 Å². The fourth-order valence-corrected chi connectivity index (χ4v) is 1.13. The molecule has 1 rings (SSSR count). The van der Waals surface area contributed by atoms with Crippen molar-refractivity contribution in [3.63, 3.8) is 0 Å². The first kappa shape index (κ1) is 11.0. The van der Waals surface area contributed by atoms with Crippen LogP contribution in [0.25, 0.3) is 0 Å². The Balaban J connectivity index is 2.75. The Morgan fingerprint density at radius 2 is 2.07 bits per heavy atom. The summed E-state index contributed by atoms with van der Waals surface area (Å²) in [6.07, 6.45) is 0.638. The number of aromatic nitrogens is 2. The molecule has 0 saturated heterocycles. The van der Waals surface area contributed by atoms with Crippen LogP contribution in [0.1, 0.15) is 33.4 Å². The van der Waals surface area contributed by atoms with Gasteiger partial charge in [-0.3, -0.25) is 5.10 Å². The number of nitrogens with zero attached hydrogens (tertiary/aromatic N) is 1. The van der Waals surface area contributed by atoms with Gasteiger partial charge in [0.15, 0.2) is 11.6 Å². The third-order valence-corrected chi connectivity index (χ3v) is 2.79. The third kappa shape index (κ3) is 2.25. The molecular formula is C10H18FN3. The highest BCUT2D eigenvalue weighted by molar-refractivity contribution is 5.31. The molecule has 3 nitrogen and oxygen atoms in total. The lowest BCUT2D eigenvalue weighted by molar-refractivity contribution is 0.256. The lowest BCUT2D eigenvalue weighted by Gasteiger charge is -2.26. The van der Waals surface area contributed by atoms with Crippen molar-refractivity contribution in [2.24, 2.45) is 11.3 Å². The number of hydrogen-bond donors (Lipinski definition) is 2. The molecule has 0 aromatic carbocycles. The monoisotopic (exact) mass is 199 g/mol. The van der Waals surface area contributed by atoms with E-state index in [0.717, 1.165) is 0 Å². The molecule has 1 atom stereocenters. The second-order valence-corrected chi connectivity index (χ2v) is 4.87. The molecule has 1 aromatic rings. The molecule has 80 valence electrons. The zero-order valence-electron chi connectivity index (χ0n) is 9.19. The van der Waals surface area contributed by atoms with Crippen LogP contribution in [0.2, 0.25) is 0 Å². The number of aromatic amines is 1. The minimum Gasteiger partial charge on any atom is -0.380 e. The fraction of sp³-hybridized carbons (Fsp3) is 0.700. The number of nitrogens with two attached hydrogens (primary N) is 1. The summed E-state index contributed by atoms with van der Waals surface area (Å²) in [5.74, 6) is -0.0703. The summed E-state index contributed by atoms with van der Waals surface area (Å²) in [6.45, 7) is 8.50. The van der Waals surface area contributed by atoms with E-state index in [4.69, 9.17) is 5.73 Å². The van der Waals surface area contributed by atoms with E-state index in [1.54, 1.807) is 0 Å². The molecule has 0 aliphatic rings. The number of H-pyrrole nitrogens is 1. The van der Waals surface area contributed by atoms with E-state index in [1.807, 2.05) is 0 Å². The van der Waals surface area contributed by atoms with E-state index in [-0.39, 0.29) is 11.2 Å². The second kappa shape index (κ2) is 3.59. The van der Waals surface area contributed by atoms with Gasteiger partial charge in [-0.25, -0.2) is 4.39 Å². The number of nitrogens with one attached hydrogen (secondary N) is 1. The van der Waals surface area contributed by atoms with Crippen molar-refractivity contribution in [1.82, 2.24) is 10.2 Å². The summed E-state index contributed by atoms with van der Waals surface area (Å²) in [5.41, 5.74) is 5.97. The van der Waals surface area contributed by atoms with Crippen molar-refractivity contribution < 1.29 is 4.39 Å². The highest BCUT2D eigenvalue weighted by Gasteiger charge is 2.22. The summed E-state index contributed by atoms with van der Waals surface area (Å²) in [4.78, 5) is 0. The van der Waals surface area contributed by atoms with Crippen molar-refractivity contribution in [3.8, 4) is 0 Å². The molecule has 1 heterocycles.